The second-order valence-corrected chi connectivity index (χ2v) is 8.91. The summed E-state index contributed by atoms with van der Waals surface area (Å²) >= 11 is 0. The standard InChI is InChI=1S/C29H29NO/c1-2-20-8-10-21(11-9-20)22-12-14-23(15-13-22)25-16-17-26-27(19-30-28(26)18-25)29(31)24-6-4-3-5-7-24/h3-7,12-21,30H,2,8-11H2,1H3. The van der Waals surface area contributed by atoms with E-state index in [0.717, 1.165) is 27.9 Å². The maximum Gasteiger partial charge on any atom is 0.195 e. The van der Waals surface area contributed by atoms with Crippen LogP contribution in [0.5, 0.6) is 0 Å². The van der Waals surface area contributed by atoms with E-state index < -0.39 is 0 Å². The van der Waals surface area contributed by atoms with Crippen LogP contribution in [0.3, 0.4) is 0 Å². The van der Waals surface area contributed by atoms with Gasteiger partial charge in [0.1, 0.15) is 0 Å². The quantitative estimate of drug-likeness (QED) is 0.337. The van der Waals surface area contributed by atoms with Crippen molar-refractivity contribution in [2.75, 3.05) is 0 Å². The number of hydrogen-bond donors (Lipinski definition) is 1. The van der Waals surface area contributed by atoms with E-state index in [1.165, 1.54) is 48.8 Å². The van der Waals surface area contributed by atoms with Gasteiger partial charge >= 0.3 is 0 Å². The maximum absolute atomic E-state index is 12.9. The zero-order chi connectivity index (χ0) is 21.2. The van der Waals surface area contributed by atoms with E-state index in [9.17, 15) is 4.79 Å². The van der Waals surface area contributed by atoms with Crippen LogP contribution < -0.4 is 0 Å². The Morgan fingerprint density at radius 1 is 0.871 bits per heavy atom. The second kappa shape index (κ2) is 8.55. The first-order valence-corrected chi connectivity index (χ1v) is 11.5. The number of H-pyrrole nitrogens is 1. The Labute approximate surface area is 184 Å². The summed E-state index contributed by atoms with van der Waals surface area (Å²) in [6.07, 6.45) is 8.55. The van der Waals surface area contributed by atoms with Crippen LogP contribution in [0, 0.1) is 5.92 Å². The van der Waals surface area contributed by atoms with Gasteiger partial charge < -0.3 is 4.98 Å². The van der Waals surface area contributed by atoms with Crippen molar-refractivity contribution >= 4 is 16.7 Å². The number of ketones is 1. The van der Waals surface area contributed by atoms with Crippen LogP contribution in [0.15, 0.2) is 79.0 Å². The van der Waals surface area contributed by atoms with Gasteiger partial charge in [-0.15, -0.1) is 0 Å². The third-order valence-corrected chi connectivity index (χ3v) is 7.10. The van der Waals surface area contributed by atoms with Crippen molar-refractivity contribution in [3.8, 4) is 11.1 Å². The lowest BCUT2D eigenvalue weighted by molar-refractivity contribution is 0.104. The van der Waals surface area contributed by atoms with E-state index in [1.807, 2.05) is 36.5 Å². The molecule has 0 atom stereocenters. The summed E-state index contributed by atoms with van der Waals surface area (Å²) in [6.45, 7) is 2.32. The van der Waals surface area contributed by atoms with E-state index >= 15 is 0 Å². The molecule has 1 saturated carbocycles. The summed E-state index contributed by atoms with van der Waals surface area (Å²) in [4.78, 5) is 16.2. The van der Waals surface area contributed by atoms with Crippen LogP contribution in [-0.4, -0.2) is 10.8 Å². The predicted octanol–water partition coefficient (Wildman–Crippen LogP) is 7.75. The third-order valence-electron chi connectivity index (χ3n) is 7.10. The summed E-state index contributed by atoms with van der Waals surface area (Å²) in [7, 11) is 0. The molecule has 0 saturated heterocycles. The van der Waals surface area contributed by atoms with E-state index in [-0.39, 0.29) is 5.78 Å². The Morgan fingerprint density at radius 3 is 2.29 bits per heavy atom. The molecule has 4 aromatic rings. The molecule has 156 valence electrons. The second-order valence-electron chi connectivity index (χ2n) is 8.91. The zero-order valence-electron chi connectivity index (χ0n) is 18.1. The Morgan fingerprint density at radius 2 is 1.58 bits per heavy atom. The van der Waals surface area contributed by atoms with Gasteiger partial charge in [0.25, 0.3) is 0 Å². The highest BCUT2D eigenvalue weighted by atomic mass is 16.1. The lowest BCUT2D eigenvalue weighted by Crippen LogP contribution is -2.12. The fraction of sp³-hybridized carbons (Fsp3) is 0.276. The SMILES string of the molecule is CCC1CCC(c2ccc(-c3ccc4c(C(=O)c5ccccc5)c[nH]c4c3)cc2)CC1. The molecule has 1 fully saturated rings. The number of fused-ring (bicyclic) bond motifs is 1. The number of carbonyl (C=O) groups is 1. The van der Waals surface area contributed by atoms with Crippen LogP contribution in [0.4, 0.5) is 0 Å². The van der Waals surface area contributed by atoms with Crippen molar-refractivity contribution in [1.82, 2.24) is 4.98 Å². The molecular weight excluding hydrogens is 378 g/mol. The number of aromatic nitrogens is 1. The molecule has 2 nitrogen and oxygen atoms in total. The molecule has 31 heavy (non-hydrogen) atoms. The summed E-state index contributed by atoms with van der Waals surface area (Å²) < 4.78 is 0. The molecule has 1 heterocycles. The smallest absolute Gasteiger partial charge is 0.195 e. The van der Waals surface area contributed by atoms with Crippen molar-refractivity contribution in [3.63, 3.8) is 0 Å². The molecule has 0 bridgehead atoms. The van der Waals surface area contributed by atoms with Gasteiger partial charge in [-0.3, -0.25) is 4.79 Å². The lowest BCUT2D eigenvalue weighted by Gasteiger charge is -2.28. The predicted molar refractivity (Wildman–Crippen MR) is 129 cm³/mol. The lowest BCUT2D eigenvalue weighted by atomic mass is 9.77. The number of benzene rings is 3. The number of hydrogen-bond acceptors (Lipinski definition) is 1. The van der Waals surface area contributed by atoms with Gasteiger partial charge in [-0.2, -0.15) is 0 Å². The number of aromatic amines is 1. The van der Waals surface area contributed by atoms with E-state index in [0.29, 0.717) is 5.92 Å². The molecule has 0 aliphatic heterocycles. The minimum Gasteiger partial charge on any atom is -0.360 e. The topological polar surface area (TPSA) is 32.9 Å². The summed E-state index contributed by atoms with van der Waals surface area (Å²) in [6, 6.07) is 24.9. The normalized spacial score (nSPS) is 18.9. The first kappa shape index (κ1) is 19.8. The summed E-state index contributed by atoms with van der Waals surface area (Å²) in [5, 5.41) is 0.974. The van der Waals surface area contributed by atoms with Gasteiger partial charge in [-0.05, 0) is 60.3 Å². The van der Waals surface area contributed by atoms with Gasteiger partial charge in [-0.1, -0.05) is 80.1 Å². The van der Waals surface area contributed by atoms with Crippen molar-refractivity contribution in [2.24, 2.45) is 5.92 Å². The Hall–Kier alpha value is -3.13. The molecule has 0 radical (unpaired) electrons. The number of carbonyl (C=O) groups excluding carboxylic acids is 1. The third kappa shape index (κ3) is 3.95. The molecule has 1 aliphatic carbocycles. The van der Waals surface area contributed by atoms with E-state index in [2.05, 4.69) is 54.4 Å². The van der Waals surface area contributed by atoms with Crippen LogP contribution in [-0.2, 0) is 0 Å². The minimum atomic E-state index is 0.0572. The van der Waals surface area contributed by atoms with Crippen molar-refractivity contribution in [3.05, 3.63) is 95.7 Å². The first-order chi connectivity index (χ1) is 15.2. The molecule has 0 amide bonds. The first-order valence-electron chi connectivity index (χ1n) is 11.5. The average Bonchev–Trinajstić information content (AvgIpc) is 3.27. The largest absolute Gasteiger partial charge is 0.360 e. The summed E-state index contributed by atoms with van der Waals surface area (Å²) in [5.74, 6) is 1.71. The molecular formula is C29H29NO. The number of nitrogens with one attached hydrogen (secondary N) is 1. The highest BCUT2D eigenvalue weighted by molar-refractivity contribution is 6.16. The van der Waals surface area contributed by atoms with Gasteiger partial charge in [0.15, 0.2) is 5.78 Å². The molecule has 3 aromatic carbocycles. The van der Waals surface area contributed by atoms with E-state index in [4.69, 9.17) is 0 Å². The number of rotatable bonds is 5. The van der Waals surface area contributed by atoms with Crippen molar-refractivity contribution in [1.29, 1.82) is 0 Å². The fourth-order valence-corrected chi connectivity index (χ4v) is 5.09. The minimum absolute atomic E-state index is 0.0572. The highest BCUT2D eigenvalue weighted by Crippen LogP contribution is 2.37. The summed E-state index contributed by atoms with van der Waals surface area (Å²) in [5.41, 5.74) is 6.32. The molecule has 1 aliphatic rings. The van der Waals surface area contributed by atoms with E-state index in [1.54, 1.807) is 0 Å². The van der Waals surface area contributed by atoms with Crippen molar-refractivity contribution in [2.45, 2.75) is 44.9 Å². The van der Waals surface area contributed by atoms with Gasteiger partial charge in [0, 0.05) is 28.2 Å². The van der Waals surface area contributed by atoms with Gasteiger partial charge in [-0.25, -0.2) is 0 Å². The van der Waals surface area contributed by atoms with Crippen LogP contribution in [0.2, 0.25) is 0 Å². The van der Waals surface area contributed by atoms with Crippen molar-refractivity contribution < 1.29 is 4.79 Å². The average molecular weight is 408 g/mol. The Balaban J connectivity index is 1.37. The van der Waals surface area contributed by atoms with Gasteiger partial charge in [0.2, 0.25) is 0 Å². The molecule has 0 spiro atoms. The highest BCUT2D eigenvalue weighted by Gasteiger charge is 2.21. The molecule has 0 unspecified atom stereocenters. The Kier molecular flexibility index (Phi) is 5.46. The fourth-order valence-electron chi connectivity index (χ4n) is 5.09. The van der Waals surface area contributed by atoms with Gasteiger partial charge in [0.05, 0.1) is 0 Å². The monoisotopic (exact) mass is 407 g/mol. The van der Waals surface area contributed by atoms with Crippen LogP contribution in [0.1, 0.15) is 66.4 Å². The molecule has 5 rings (SSSR count). The zero-order valence-corrected chi connectivity index (χ0v) is 18.1. The Bertz CT molecular complexity index is 1180. The molecule has 2 heteroatoms. The van der Waals surface area contributed by atoms with Crippen LogP contribution >= 0.6 is 0 Å². The molecule has 1 N–H and O–H groups in total. The van der Waals surface area contributed by atoms with Crippen LogP contribution in [0.25, 0.3) is 22.0 Å². The molecule has 1 aromatic heterocycles. The maximum atomic E-state index is 12.9.